The fraction of sp³-hybridized carbons (Fsp3) is 0.778. The molecule has 7 atom stereocenters. The van der Waals surface area contributed by atoms with E-state index in [4.69, 9.17) is 4.74 Å². The lowest BCUT2D eigenvalue weighted by atomic mass is 9.71. The number of sulfone groups is 1. The lowest BCUT2D eigenvalue weighted by Crippen LogP contribution is -2.71. The number of fused-ring (bicyclic) bond motifs is 1. The van der Waals surface area contributed by atoms with Gasteiger partial charge < -0.3 is 15.0 Å². The SMILES string of the molecule is Cc1cncc(C2CNC(N[C@@H]3CCN(C)C[C@H]3OCC3CCS(=O)(=O)CC3)C3NC(=O)C(C)CC23)c1. The Balaban J connectivity index is 1.27. The summed E-state index contributed by atoms with van der Waals surface area (Å²) in [6, 6.07) is 2.38. The van der Waals surface area contributed by atoms with Crippen LogP contribution in [0, 0.1) is 24.7 Å². The van der Waals surface area contributed by atoms with Gasteiger partial charge in [0.15, 0.2) is 0 Å². The van der Waals surface area contributed by atoms with E-state index in [1.165, 1.54) is 5.56 Å². The number of aryl methyl sites for hydroxylation is 1. The molecule has 206 valence electrons. The van der Waals surface area contributed by atoms with Gasteiger partial charge in [0.2, 0.25) is 5.91 Å². The summed E-state index contributed by atoms with van der Waals surface area (Å²) in [5.41, 5.74) is 2.39. The van der Waals surface area contributed by atoms with Gasteiger partial charge in [0.1, 0.15) is 9.84 Å². The maximum atomic E-state index is 12.8. The molecule has 10 heteroatoms. The number of nitrogens with zero attached hydrogens (tertiary/aromatic N) is 2. The number of carbonyl (C=O) groups is 1. The zero-order valence-electron chi connectivity index (χ0n) is 22.4. The van der Waals surface area contributed by atoms with Gasteiger partial charge in [-0.15, -0.1) is 0 Å². The molecule has 5 heterocycles. The molecule has 0 saturated carbocycles. The van der Waals surface area contributed by atoms with Crippen molar-refractivity contribution in [1.29, 1.82) is 0 Å². The minimum Gasteiger partial charge on any atom is -0.375 e. The van der Waals surface area contributed by atoms with Crippen molar-refractivity contribution >= 4 is 15.7 Å². The van der Waals surface area contributed by atoms with Crippen LogP contribution in [-0.2, 0) is 19.4 Å². The third-order valence-electron chi connectivity index (χ3n) is 8.98. The largest absolute Gasteiger partial charge is 0.375 e. The number of rotatable bonds is 6. The van der Waals surface area contributed by atoms with Crippen LogP contribution >= 0.6 is 0 Å². The van der Waals surface area contributed by atoms with Crippen LogP contribution in [0.2, 0.25) is 0 Å². The second kappa shape index (κ2) is 11.3. The first-order chi connectivity index (χ1) is 17.7. The molecule has 9 nitrogen and oxygen atoms in total. The van der Waals surface area contributed by atoms with E-state index in [1.807, 2.05) is 19.3 Å². The van der Waals surface area contributed by atoms with Gasteiger partial charge >= 0.3 is 0 Å². The van der Waals surface area contributed by atoms with Crippen LogP contribution in [0.3, 0.4) is 0 Å². The predicted octanol–water partition coefficient (Wildman–Crippen LogP) is 1.05. The molecule has 3 N–H and O–H groups in total. The summed E-state index contributed by atoms with van der Waals surface area (Å²) in [5, 5.41) is 10.9. The molecule has 1 aromatic rings. The molecule has 4 aliphatic heterocycles. The Morgan fingerprint density at radius 3 is 2.76 bits per heavy atom. The van der Waals surface area contributed by atoms with E-state index in [1.54, 1.807) is 0 Å². The second-order valence-electron chi connectivity index (χ2n) is 11.9. The average Bonchev–Trinajstić information content (AvgIpc) is 2.86. The number of hydrogen-bond donors (Lipinski definition) is 3. The van der Waals surface area contributed by atoms with Crippen LogP contribution in [0.15, 0.2) is 18.5 Å². The van der Waals surface area contributed by atoms with Crippen LogP contribution in [-0.4, -0.2) is 93.4 Å². The monoisotopic (exact) mass is 533 g/mol. The number of hydrogen-bond acceptors (Lipinski definition) is 8. The Morgan fingerprint density at radius 2 is 2.00 bits per heavy atom. The quantitative estimate of drug-likeness (QED) is 0.498. The molecule has 5 unspecified atom stereocenters. The highest BCUT2D eigenvalue weighted by Gasteiger charge is 2.46. The standard InChI is InChI=1S/C27H43N5O4S/c1-17-10-20(13-28-12-17)22-14-29-26(25-21(22)11-18(2)27(33)31-25)30-23-4-7-32(3)15-24(23)36-16-19-5-8-37(34,35)9-6-19/h10,12-13,18-19,21-26,29-30H,4-9,11,14-16H2,1-3H3,(H,31,33)/t18?,21?,22?,23-,24-,25?,26?/m1/s1. The summed E-state index contributed by atoms with van der Waals surface area (Å²) in [6.07, 6.45) is 7.07. The number of amides is 1. The van der Waals surface area contributed by atoms with Crippen LogP contribution in [0.1, 0.15) is 49.7 Å². The zero-order valence-corrected chi connectivity index (χ0v) is 23.2. The average molecular weight is 534 g/mol. The molecule has 0 bridgehead atoms. The molecular formula is C27H43N5O4S. The summed E-state index contributed by atoms with van der Waals surface area (Å²) in [7, 11) is -0.744. The molecule has 0 aliphatic carbocycles. The van der Waals surface area contributed by atoms with E-state index in [9.17, 15) is 13.2 Å². The Morgan fingerprint density at radius 1 is 1.22 bits per heavy atom. The first kappa shape index (κ1) is 27.0. The van der Waals surface area contributed by atoms with Gasteiger partial charge in [0, 0.05) is 50.0 Å². The Labute approximate surface area is 221 Å². The predicted molar refractivity (Wildman–Crippen MR) is 143 cm³/mol. The number of likely N-dealkylation sites (tertiary alicyclic amines) is 1. The maximum absolute atomic E-state index is 12.8. The minimum atomic E-state index is -2.87. The van der Waals surface area contributed by atoms with E-state index in [0.29, 0.717) is 37.2 Å². The summed E-state index contributed by atoms with van der Waals surface area (Å²) in [4.78, 5) is 19.5. The van der Waals surface area contributed by atoms with Crippen LogP contribution < -0.4 is 16.0 Å². The highest BCUT2D eigenvalue weighted by Crippen LogP contribution is 2.38. The fourth-order valence-corrected chi connectivity index (χ4v) is 8.28. The van der Waals surface area contributed by atoms with Gasteiger partial charge in [-0.1, -0.05) is 13.0 Å². The summed E-state index contributed by atoms with van der Waals surface area (Å²) >= 11 is 0. The fourth-order valence-electron chi connectivity index (χ4n) is 6.69. The van der Waals surface area contributed by atoms with Gasteiger partial charge in [-0.05, 0) is 69.2 Å². The summed E-state index contributed by atoms with van der Waals surface area (Å²) < 4.78 is 30.1. The van der Waals surface area contributed by atoms with E-state index in [-0.39, 0.29) is 47.7 Å². The lowest BCUT2D eigenvalue weighted by Gasteiger charge is -2.50. The van der Waals surface area contributed by atoms with Gasteiger partial charge in [-0.2, -0.15) is 0 Å². The van der Waals surface area contributed by atoms with Crippen molar-refractivity contribution in [3.05, 3.63) is 29.6 Å². The molecule has 4 fully saturated rings. The van der Waals surface area contributed by atoms with Gasteiger partial charge in [0.25, 0.3) is 0 Å². The second-order valence-corrected chi connectivity index (χ2v) is 14.2. The highest BCUT2D eigenvalue weighted by atomic mass is 32.2. The van der Waals surface area contributed by atoms with Crippen LogP contribution in [0.4, 0.5) is 0 Å². The van der Waals surface area contributed by atoms with Crippen molar-refractivity contribution in [3.63, 3.8) is 0 Å². The van der Waals surface area contributed by atoms with Gasteiger partial charge in [-0.3, -0.25) is 20.4 Å². The molecule has 0 spiro atoms. The number of likely N-dealkylation sites (N-methyl/N-ethyl adjacent to an activating group) is 1. The summed E-state index contributed by atoms with van der Waals surface area (Å²) in [5.74, 6) is 1.60. The minimum absolute atomic E-state index is 0.000937. The number of piperidine rings is 3. The van der Waals surface area contributed by atoms with Crippen LogP contribution in [0.25, 0.3) is 0 Å². The number of carbonyl (C=O) groups excluding carboxylic acids is 1. The van der Waals surface area contributed by atoms with Crippen molar-refractivity contribution < 1.29 is 17.9 Å². The molecule has 4 aliphatic rings. The third-order valence-corrected chi connectivity index (χ3v) is 10.7. The first-order valence-corrected chi connectivity index (χ1v) is 15.7. The number of aromatic nitrogens is 1. The third kappa shape index (κ3) is 6.36. The Kier molecular flexibility index (Phi) is 8.21. The van der Waals surface area contributed by atoms with Crippen molar-refractivity contribution in [3.8, 4) is 0 Å². The Bertz CT molecular complexity index is 1050. The van der Waals surface area contributed by atoms with E-state index in [2.05, 4.69) is 45.9 Å². The molecular weight excluding hydrogens is 490 g/mol. The van der Waals surface area contributed by atoms with Gasteiger partial charge in [0.05, 0.1) is 29.8 Å². The summed E-state index contributed by atoms with van der Waals surface area (Å²) in [6.45, 7) is 7.37. The molecule has 4 saturated heterocycles. The maximum Gasteiger partial charge on any atom is 0.223 e. The van der Waals surface area contributed by atoms with Crippen LogP contribution in [0.5, 0.6) is 0 Å². The molecule has 37 heavy (non-hydrogen) atoms. The van der Waals surface area contributed by atoms with E-state index < -0.39 is 9.84 Å². The van der Waals surface area contributed by atoms with E-state index in [0.717, 1.165) is 38.0 Å². The van der Waals surface area contributed by atoms with Crippen molar-refractivity contribution in [2.24, 2.45) is 17.8 Å². The number of ether oxygens (including phenoxy) is 1. The first-order valence-electron chi connectivity index (χ1n) is 13.9. The Hall–Kier alpha value is -1.59. The molecule has 5 rings (SSSR count). The number of pyridine rings is 1. The molecule has 1 aromatic heterocycles. The van der Waals surface area contributed by atoms with E-state index >= 15 is 0 Å². The molecule has 1 amide bonds. The van der Waals surface area contributed by atoms with Crippen molar-refractivity contribution in [1.82, 2.24) is 25.8 Å². The topological polar surface area (TPSA) is 113 Å². The normalized spacial score (nSPS) is 37.1. The smallest absolute Gasteiger partial charge is 0.223 e. The highest BCUT2D eigenvalue weighted by molar-refractivity contribution is 7.91. The molecule has 0 aromatic carbocycles. The molecule has 0 radical (unpaired) electrons. The zero-order chi connectivity index (χ0) is 26.2. The van der Waals surface area contributed by atoms with Crippen molar-refractivity contribution in [2.75, 3.05) is 44.8 Å². The number of nitrogens with one attached hydrogen (secondary N) is 3. The lowest BCUT2D eigenvalue weighted by molar-refractivity contribution is -0.130. The van der Waals surface area contributed by atoms with Gasteiger partial charge in [-0.25, -0.2) is 8.42 Å². The van der Waals surface area contributed by atoms with Crippen molar-refractivity contribution in [2.45, 2.75) is 69.8 Å².